The second kappa shape index (κ2) is 8.05. The van der Waals surface area contributed by atoms with Gasteiger partial charge in [0.1, 0.15) is 0 Å². The molecule has 20 heavy (non-hydrogen) atoms. The van der Waals surface area contributed by atoms with E-state index in [-0.39, 0.29) is 0 Å². The number of hydrogen-bond acceptors (Lipinski definition) is 3. The molecule has 1 saturated heterocycles. The number of rotatable bonds is 5. The summed E-state index contributed by atoms with van der Waals surface area (Å²) in [5, 5.41) is 3.90. The predicted molar refractivity (Wildman–Crippen MR) is 91.5 cm³/mol. The Bertz CT molecular complexity index is 276. The van der Waals surface area contributed by atoms with E-state index in [1.165, 1.54) is 50.9 Å². The summed E-state index contributed by atoms with van der Waals surface area (Å²) < 4.78 is 0. The van der Waals surface area contributed by atoms with E-state index >= 15 is 0 Å². The van der Waals surface area contributed by atoms with Crippen molar-refractivity contribution in [2.75, 3.05) is 25.1 Å². The molecule has 118 valence electrons. The molecule has 0 aromatic rings. The monoisotopic (exact) mass is 298 g/mol. The maximum Gasteiger partial charge on any atom is 0.0247 e. The first-order valence-electron chi connectivity index (χ1n) is 8.61. The lowest BCUT2D eigenvalue weighted by Gasteiger charge is -2.48. The van der Waals surface area contributed by atoms with Crippen LogP contribution >= 0.6 is 11.8 Å². The van der Waals surface area contributed by atoms with Gasteiger partial charge in [0.2, 0.25) is 0 Å². The van der Waals surface area contributed by atoms with Crippen LogP contribution in [-0.2, 0) is 0 Å². The van der Waals surface area contributed by atoms with Gasteiger partial charge in [0.25, 0.3) is 0 Å². The van der Waals surface area contributed by atoms with Crippen LogP contribution in [0, 0.1) is 11.8 Å². The van der Waals surface area contributed by atoms with E-state index in [4.69, 9.17) is 0 Å². The van der Waals surface area contributed by atoms with Crippen LogP contribution in [0.5, 0.6) is 0 Å². The van der Waals surface area contributed by atoms with E-state index in [9.17, 15) is 0 Å². The van der Waals surface area contributed by atoms with Gasteiger partial charge < -0.3 is 5.32 Å². The molecule has 0 spiro atoms. The maximum absolute atomic E-state index is 3.90. The first-order chi connectivity index (χ1) is 9.63. The Labute approximate surface area is 130 Å². The van der Waals surface area contributed by atoms with E-state index in [2.05, 4.69) is 37.2 Å². The highest BCUT2D eigenvalue weighted by Crippen LogP contribution is 2.30. The van der Waals surface area contributed by atoms with Gasteiger partial charge in [0.05, 0.1) is 0 Å². The number of nitrogens with zero attached hydrogens (tertiary/aromatic N) is 1. The van der Waals surface area contributed by atoms with E-state index in [0.29, 0.717) is 6.04 Å². The van der Waals surface area contributed by atoms with Gasteiger partial charge in [-0.25, -0.2) is 0 Å². The second-order valence-electron chi connectivity index (χ2n) is 7.23. The lowest BCUT2D eigenvalue weighted by Crippen LogP contribution is -2.62. The third kappa shape index (κ3) is 4.14. The van der Waals surface area contributed by atoms with Gasteiger partial charge in [-0.15, -0.1) is 0 Å². The Hall–Kier alpha value is 0.270. The molecule has 0 aromatic carbocycles. The van der Waals surface area contributed by atoms with Crippen molar-refractivity contribution in [1.82, 2.24) is 10.2 Å². The molecule has 2 aliphatic rings. The minimum atomic E-state index is 0.714. The smallest absolute Gasteiger partial charge is 0.0247 e. The Morgan fingerprint density at radius 2 is 1.85 bits per heavy atom. The number of nitrogens with one attached hydrogen (secondary N) is 1. The van der Waals surface area contributed by atoms with Crippen LogP contribution in [0.1, 0.15) is 52.9 Å². The first kappa shape index (κ1) is 16.6. The fourth-order valence-corrected chi connectivity index (χ4v) is 4.81. The summed E-state index contributed by atoms with van der Waals surface area (Å²) in [7, 11) is 0. The van der Waals surface area contributed by atoms with E-state index in [0.717, 1.165) is 23.9 Å². The highest BCUT2D eigenvalue weighted by molar-refractivity contribution is 7.98. The van der Waals surface area contributed by atoms with Gasteiger partial charge in [0.15, 0.2) is 0 Å². The zero-order chi connectivity index (χ0) is 14.5. The third-order valence-electron chi connectivity index (χ3n) is 5.39. The molecular weight excluding hydrogens is 264 g/mol. The Balaban J connectivity index is 1.98. The largest absolute Gasteiger partial charge is 0.311 e. The zero-order valence-corrected chi connectivity index (χ0v) is 14.7. The Kier molecular flexibility index (Phi) is 6.70. The minimum absolute atomic E-state index is 0.714. The van der Waals surface area contributed by atoms with Crippen molar-refractivity contribution in [3.05, 3.63) is 0 Å². The molecule has 3 atom stereocenters. The summed E-state index contributed by atoms with van der Waals surface area (Å²) in [6.07, 6.45) is 9.52. The fraction of sp³-hybridized carbons (Fsp3) is 1.00. The fourth-order valence-electron chi connectivity index (χ4n) is 4.13. The predicted octanol–water partition coefficient (Wildman–Crippen LogP) is 3.62. The van der Waals surface area contributed by atoms with Crippen LogP contribution in [0.2, 0.25) is 0 Å². The summed E-state index contributed by atoms with van der Waals surface area (Å²) in [6.45, 7) is 9.65. The number of piperazine rings is 1. The summed E-state index contributed by atoms with van der Waals surface area (Å²) in [5.74, 6) is 2.95. The van der Waals surface area contributed by atoms with Crippen molar-refractivity contribution in [2.45, 2.75) is 71.0 Å². The number of thioether (sulfide) groups is 1. The topological polar surface area (TPSA) is 15.3 Å². The van der Waals surface area contributed by atoms with Crippen LogP contribution in [0.25, 0.3) is 0 Å². The minimum Gasteiger partial charge on any atom is -0.311 e. The highest BCUT2D eigenvalue weighted by atomic mass is 32.2. The molecule has 3 unspecified atom stereocenters. The quantitative estimate of drug-likeness (QED) is 0.834. The van der Waals surface area contributed by atoms with Crippen LogP contribution < -0.4 is 5.32 Å². The Morgan fingerprint density at radius 3 is 2.45 bits per heavy atom. The van der Waals surface area contributed by atoms with E-state index < -0.39 is 0 Å². The van der Waals surface area contributed by atoms with Gasteiger partial charge in [-0.2, -0.15) is 11.8 Å². The molecule has 1 heterocycles. The summed E-state index contributed by atoms with van der Waals surface area (Å²) >= 11 is 1.99. The molecule has 1 saturated carbocycles. The average molecular weight is 299 g/mol. The van der Waals surface area contributed by atoms with Gasteiger partial charge in [-0.3, -0.25) is 4.90 Å². The normalized spacial score (nSPS) is 31.6. The number of hydrogen-bond donors (Lipinski definition) is 1. The van der Waals surface area contributed by atoms with Gasteiger partial charge in [0, 0.05) is 37.0 Å². The summed E-state index contributed by atoms with van der Waals surface area (Å²) in [5.41, 5.74) is 0. The van der Waals surface area contributed by atoms with Crippen molar-refractivity contribution in [2.24, 2.45) is 11.8 Å². The maximum atomic E-state index is 3.90. The van der Waals surface area contributed by atoms with Crippen LogP contribution in [-0.4, -0.2) is 48.1 Å². The second-order valence-corrected chi connectivity index (χ2v) is 8.14. The van der Waals surface area contributed by atoms with Crippen LogP contribution in [0.15, 0.2) is 0 Å². The molecule has 3 heteroatoms. The molecule has 2 fully saturated rings. The van der Waals surface area contributed by atoms with Crippen LogP contribution in [0.3, 0.4) is 0 Å². The summed E-state index contributed by atoms with van der Waals surface area (Å²) in [4.78, 5) is 2.82. The van der Waals surface area contributed by atoms with Crippen molar-refractivity contribution in [1.29, 1.82) is 0 Å². The van der Waals surface area contributed by atoms with Crippen molar-refractivity contribution >= 4 is 11.8 Å². The van der Waals surface area contributed by atoms with Crippen molar-refractivity contribution in [3.8, 4) is 0 Å². The van der Waals surface area contributed by atoms with E-state index in [1.54, 1.807) is 0 Å². The Morgan fingerprint density at radius 1 is 1.15 bits per heavy atom. The molecule has 0 amide bonds. The zero-order valence-electron chi connectivity index (χ0n) is 13.9. The molecule has 0 radical (unpaired) electrons. The van der Waals surface area contributed by atoms with Gasteiger partial charge >= 0.3 is 0 Å². The van der Waals surface area contributed by atoms with Gasteiger partial charge in [-0.1, -0.05) is 33.1 Å². The molecule has 2 nitrogen and oxygen atoms in total. The standard InChI is InChI=1S/C17H34N2S/c1-13(2)17-10-18-16(15-8-6-5-7-9-15)11-19(17)14(3)12-20-4/h13-18H,5-12H2,1-4H3. The highest BCUT2D eigenvalue weighted by Gasteiger charge is 2.35. The molecule has 0 aromatic heterocycles. The summed E-state index contributed by atoms with van der Waals surface area (Å²) in [6, 6.07) is 2.18. The average Bonchev–Trinajstić information content (AvgIpc) is 2.47. The van der Waals surface area contributed by atoms with Crippen LogP contribution in [0.4, 0.5) is 0 Å². The first-order valence-corrected chi connectivity index (χ1v) is 10.0. The van der Waals surface area contributed by atoms with E-state index in [1.807, 2.05) is 11.8 Å². The molecule has 1 aliphatic heterocycles. The SMILES string of the molecule is CSCC(C)N1CC(C2CCCCC2)NCC1C(C)C. The molecule has 1 aliphatic carbocycles. The molecule has 1 N–H and O–H groups in total. The molecule has 2 rings (SSSR count). The molecular formula is C17H34N2S. The molecule has 0 bridgehead atoms. The lowest BCUT2D eigenvalue weighted by atomic mass is 9.82. The third-order valence-corrected chi connectivity index (χ3v) is 6.20. The van der Waals surface area contributed by atoms with Crippen molar-refractivity contribution in [3.63, 3.8) is 0 Å². The lowest BCUT2D eigenvalue weighted by molar-refractivity contribution is 0.0494. The van der Waals surface area contributed by atoms with Gasteiger partial charge in [-0.05, 0) is 37.9 Å². The van der Waals surface area contributed by atoms with Crippen molar-refractivity contribution < 1.29 is 0 Å².